The number of amides is 1. The standard InChI is InChI=1S/C25H28N4O4/c1-25(15-21(27-33-25)19-6-3-4-8-23(19)31-2)24(30)29-12-13-32-17-18(16-29)14-20-22-7-5-10-28(22)11-9-26-20/h3-11,18H,12-17H2,1-2H3/t18-,25-/m0/s1. The maximum Gasteiger partial charge on any atom is 0.269 e. The Bertz CT molecular complexity index is 1190. The van der Waals surface area contributed by atoms with E-state index < -0.39 is 5.60 Å². The number of hydrogen-bond acceptors (Lipinski definition) is 6. The average Bonchev–Trinajstić information content (AvgIpc) is 3.41. The number of para-hydroxylation sites is 1. The van der Waals surface area contributed by atoms with Gasteiger partial charge in [-0.25, -0.2) is 0 Å². The Balaban J connectivity index is 1.30. The van der Waals surface area contributed by atoms with E-state index in [0.29, 0.717) is 38.5 Å². The van der Waals surface area contributed by atoms with Crippen molar-refractivity contribution in [3.63, 3.8) is 0 Å². The van der Waals surface area contributed by atoms with Crippen molar-refractivity contribution < 1.29 is 19.1 Å². The SMILES string of the molecule is COc1ccccc1C1=NO[C@](C)(C(=O)N2CCOC[C@@H](Cc3nccn4cccc34)C2)C1. The van der Waals surface area contributed by atoms with Gasteiger partial charge in [0.15, 0.2) is 0 Å². The molecule has 0 N–H and O–H groups in total. The van der Waals surface area contributed by atoms with E-state index in [4.69, 9.17) is 14.3 Å². The number of aromatic nitrogens is 2. The Morgan fingerprint density at radius 3 is 3.00 bits per heavy atom. The van der Waals surface area contributed by atoms with Crippen LogP contribution in [0.3, 0.4) is 0 Å². The Labute approximate surface area is 192 Å². The predicted octanol–water partition coefficient (Wildman–Crippen LogP) is 2.94. The third-order valence-corrected chi connectivity index (χ3v) is 6.37. The topological polar surface area (TPSA) is 77.7 Å². The van der Waals surface area contributed by atoms with Crippen molar-refractivity contribution in [1.82, 2.24) is 14.3 Å². The lowest BCUT2D eigenvalue weighted by molar-refractivity contribution is -0.153. The molecule has 33 heavy (non-hydrogen) atoms. The molecule has 0 spiro atoms. The minimum absolute atomic E-state index is 0.0690. The van der Waals surface area contributed by atoms with Crippen LogP contribution in [-0.4, -0.2) is 64.9 Å². The first-order valence-electron chi connectivity index (χ1n) is 11.2. The van der Waals surface area contributed by atoms with Gasteiger partial charge in [-0.1, -0.05) is 17.3 Å². The molecule has 0 saturated carbocycles. The second kappa shape index (κ2) is 8.86. The summed E-state index contributed by atoms with van der Waals surface area (Å²) in [5, 5.41) is 4.27. The maximum atomic E-state index is 13.6. The van der Waals surface area contributed by atoms with E-state index in [9.17, 15) is 4.79 Å². The summed E-state index contributed by atoms with van der Waals surface area (Å²) in [6, 6.07) is 11.7. The largest absolute Gasteiger partial charge is 0.496 e. The molecule has 0 bridgehead atoms. The highest BCUT2D eigenvalue weighted by Crippen LogP contribution is 2.32. The molecule has 8 heteroatoms. The molecule has 4 heterocycles. The van der Waals surface area contributed by atoms with Crippen molar-refractivity contribution in [2.75, 3.05) is 33.4 Å². The number of methoxy groups -OCH3 is 1. The Morgan fingerprint density at radius 1 is 1.24 bits per heavy atom. The van der Waals surface area contributed by atoms with Crippen LogP contribution in [-0.2, 0) is 20.8 Å². The molecule has 0 aliphatic carbocycles. The summed E-state index contributed by atoms with van der Waals surface area (Å²) >= 11 is 0. The first-order chi connectivity index (χ1) is 16.1. The first kappa shape index (κ1) is 21.5. The quantitative estimate of drug-likeness (QED) is 0.600. The second-order valence-electron chi connectivity index (χ2n) is 8.81. The molecule has 1 saturated heterocycles. The van der Waals surface area contributed by atoms with Crippen molar-refractivity contribution in [2.45, 2.75) is 25.4 Å². The van der Waals surface area contributed by atoms with Crippen LogP contribution in [0.1, 0.15) is 24.6 Å². The van der Waals surface area contributed by atoms with E-state index in [2.05, 4.69) is 20.6 Å². The van der Waals surface area contributed by atoms with Crippen LogP contribution in [0.5, 0.6) is 5.75 Å². The Morgan fingerprint density at radius 2 is 2.12 bits per heavy atom. The molecule has 3 aromatic rings. The number of rotatable bonds is 5. The van der Waals surface area contributed by atoms with Crippen LogP contribution in [0.15, 0.2) is 60.1 Å². The summed E-state index contributed by atoms with van der Waals surface area (Å²) in [5.74, 6) is 0.789. The number of carbonyl (C=O) groups excluding carboxylic acids is 1. The van der Waals surface area contributed by atoms with Crippen molar-refractivity contribution in [3.05, 3.63) is 66.2 Å². The highest BCUT2D eigenvalue weighted by Gasteiger charge is 2.45. The molecule has 2 aromatic heterocycles. The normalized spacial score (nSPS) is 23.2. The van der Waals surface area contributed by atoms with Crippen LogP contribution in [0.2, 0.25) is 0 Å². The molecule has 5 rings (SSSR count). The number of ether oxygens (including phenoxy) is 2. The summed E-state index contributed by atoms with van der Waals surface area (Å²) < 4.78 is 13.4. The highest BCUT2D eigenvalue weighted by molar-refractivity contribution is 6.07. The minimum atomic E-state index is -1.05. The van der Waals surface area contributed by atoms with Crippen molar-refractivity contribution in [2.24, 2.45) is 11.1 Å². The number of hydrogen-bond donors (Lipinski definition) is 0. The zero-order valence-corrected chi connectivity index (χ0v) is 18.9. The molecular weight excluding hydrogens is 420 g/mol. The van der Waals surface area contributed by atoms with E-state index in [1.54, 1.807) is 7.11 Å². The molecule has 2 atom stereocenters. The van der Waals surface area contributed by atoms with Crippen LogP contribution in [0, 0.1) is 5.92 Å². The second-order valence-corrected chi connectivity index (χ2v) is 8.81. The Kier molecular flexibility index (Phi) is 5.76. The van der Waals surface area contributed by atoms with Gasteiger partial charge in [0.05, 0.1) is 37.2 Å². The average molecular weight is 449 g/mol. The molecule has 1 fully saturated rings. The van der Waals surface area contributed by atoms with E-state index in [0.717, 1.165) is 28.9 Å². The van der Waals surface area contributed by atoms with Gasteiger partial charge >= 0.3 is 0 Å². The fraction of sp³-hybridized carbons (Fsp3) is 0.400. The van der Waals surface area contributed by atoms with E-state index in [1.807, 2.05) is 60.7 Å². The van der Waals surface area contributed by atoms with Gasteiger partial charge in [0.1, 0.15) is 5.75 Å². The summed E-state index contributed by atoms with van der Waals surface area (Å²) in [4.78, 5) is 25.8. The zero-order chi connectivity index (χ0) is 22.8. The predicted molar refractivity (Wildman–Crippen MR) is 123 cm³/mol. The lowest BCUT2D eigenvalue weighted by atomic mass is 9.93. The molecule has 2 aliphatic heterocycles. The number of benzene rings is 1. The summed E-state index contributed by atoms with van der Waals surface area (Å²) in [6.45, 7) is 4.02. The lowest BCUT2D eigenvalue weighted by Gasteiger charge is -2.30. The molecule has 2 aliphatic rings. The zero-order valence-electron chi connectivity index (χ0n) is 18.9. The summed E-state index contributed by atoms with van der Waals surface area (Å²) in [6.07, 6.45) is 6.89. The van der Waals surface area contributed by atoms with E-state index in [-0.39, 0.29) is 11.8 Å². The summed E-state index contributed by atoms with van der Waals surface area (Å²) in [7, 11) is 1.63. The fourth-order valence-corrected chi connectivity index (χ4v) is 4.67. The van der Waals surface area contributed by atoms with Crippen molar-refractivity contribution in [3.8, 4) is 5.75 Å². The van der Waals surface area contributed by atoms with Crippen molar-refractivity contribution in [1.29, 1.82) is 0 Å². The van der Waals surface area contributed by atoms with Crippen LogP contribution >= 0.6 is 0 Å². The Hall–Kier alpha value is -3.39. The lowest BCUT2D eigenvalue weighted by Crippen LogP contribution is -2.49. The highest BCUT2D eigenvalue weighted by atomic mass is 16.7. The number of oxime groups is 1. The molecule has 1 amide bonds. The van der Waals surface area contributed by atoms with E-state index >= 15 is 0 Å². The van der Waals surface area contributed by atoms with Gasteiger partial charge < -0.3 is 23.6 Å². The smallest absolute Gasteiger partial charge is 0.269 e. The van der Waals surface area contributed by atoms with E-state index in [1.165, 1.54) is 0 Å². The fourth-order valence-electron chi connectivity index (χ4n) is 4.67. The first-order valence-corrected chi connectivity index (χ1v) is 11.2. The number of carbonyl (C=O) groups is 1. The van der Waals surface area contributed by atoms with Gasteiger partial charge in [0, 0.05) is 49.6 Å². The molecular formula is C25H28N4O4. The summed E-state index contributed by atoms with van der Waals surface area (Å²) in [5.41, 5.74) is 2.61. The molecule has 1 aromatic carbocycles. The van der Waals surface area contributed by atoms with Gasteiger partial charge in [-0.2, -0.15) is 0 Å². The van der Waals surface area contributed by atoms with Gasteiger partial charge in [0.2, 0.25) is 5.60 Å². The number of nitrogens with zero attached hydrogens (tertiary/aromatic N) is 4. The number of fused-ring (bicyclic) bond motifs is 1. The monoisotopic (exact) mass is 448 g/mol. The molecule has 8 nitrogen and oxygen atoms in total. The van der Waals surface area contributed by atoms with Crippen LogP contribution in [0.4, 0.5) is 0 Å². The van der Waals surface area contributed by atoms with Crippen LogP contribution in [0.25, 0.3) is 5.52 Å². The van der Waals surface area contributed by atoms with Crippen molar-refractivity contribution >= 4 is 17.1 Å². The minimum Gasteiger partial charge on any atom is -0.496 e. The van der Waals surface area contributed by atoms with Gasteiger partial charge in [0.25, 0.3) is 5.91 Å². The third kappa shape index (κ3) is 4.18. The third-order valence-electron chi connectivity index (χ3n) is 6.37. The van der Waals surface area contributed by atoms with Crippen LogP contribution < -0.4 is 4.74 Å². The van der Waals surface area contributed by atoms with Gasteiger partial charge in [-0.3, -0.25) is 9.78 Å². The van der Waals surface area contributed by atoms with Gasteiger partial charge in [-0.05, 0) is 37.6 Å². The molecule has 0 radical (unpaired) electrons. The molecule has 0 unspecified atom stereocenters. The molecule has 172 valence electrons. The maximum absolute atomic E-state index is 13.6. The van der Waals surface area contributed by atoms with Gasteiger partial charge in [-0.15, -0.1) is 0 Å².